The molecule has 2 atom stereocenters. The molecule has 2 aliphatic rings. The Morgan fingerprint density at radius 1 is 1.18 bits per heavy atom. The SMILES string of the molecule is O=C(C1CCCCC1C(F)(F)F)N1CC(O)C1. The van der Waals surface area contributed by atoms with Gasteiger partial charge in [0, 0.05) is 19.0 Å². The molecule has 0 radical (unpaired) electrons. The molecular formula is C11H16F3NO2. The number of aliphatic hydroxyl groups is 1. The minimum absolute atomic E-state index is 0.0519. The van der Waals surface area contributed by atoms with Crippen molar-refractivity contribution in [1.82, 2.24) is 4.90 Å². The Morgan fingerprint density at radius 3 is 2.29 bits per heavy atom. The maximum Gasteiger partial charge on any atom is 0.392 e. The maximum atomic E-state index is 12.8. The number of likely N-dealkylation sites (tertiary alicyclic amines) is 1. The number of carbonyl (C=O) groups is 1. The molecule has 1 aliphatic heterocycles. The van der Waals surface area contributed by atoms with Crippen molar-refractivity contribution >= 4 is 5.91 Å². The predicted molar refractivity (Wildman–Crippen MR) is 54.1 cm³/mol. The first-order chi connectivity index (χ1) is 7.89. The van der Waals surface area contributed by atoms with Crippen LogP contribution < -0.4 is 0 Å². The van der Waals surface area contributed by atoms with Crippen molar-refractivity contribution < 1.29 is 23.1 Å². The molecule has 0 aromatic carbocycles. The molecule has 2 unspecified atom stereocenters. The first kappa shape index (κ1) is 12.7. The van der Waals surface area contributed by atoms with Gasteiger partial charge in [0.25, 0.3) is 0 Å². The number of carbonyl (C=O) groups excluding carboxylic acids is 1. The number of β-amino-alcohol motifs (C(OH)–C–C–N with tert-alkyl or cyclic N) is 1. The number of nitrogens with zero attached hydrogens (tertiary/aromatic N) is 1. The molecule has 0 aromatic heterocycles. The first-order valence-electron chi connectivity index (χ1n) is 5.93. The van der Waals surface area contributed by atoms with Crippen LogP contribution in [0.25, 0.3) is 0 Å². The number of hydrogen-bond acceptors (Lipinski definition) is 2. The lowest BCUT2D eigenvalue weighted by Crippen LogP contribution is -2.57. The van der Waals surface area contributed by atoms with Crippen LogP contribution >= 0.6 is 0 Å². The van der Waals surface area contributed by atoms with Gasteiger partial charge in [-0.2, -0.15) is 13.2 Å². The summed E-state index contributed by atoms with van der Waals surface area (Å²) in [5.74, 6) is -2.87. The molecule has 6 heteroatoms. The van der Waals surface area contributed by atoms with Crippen LogP contribution in [0.3, 0.4) is 0 Å². The summed E-state index contributed by atoms with van der Waals surface area (Å²) in [5.41, 5.74) is 0. The monoisotopic (exact) mass is 251 g/mol. The van der Waals surface area contributed by atoms with Gasteiger partial charge >= 0.3 is 6.18 Å². The van der Waals surface area contributed by atoms with E-state index in [0.29, 0.717) is 19.3 Å². The number of aliphatic hydroxyl groups excluding tert-OH is 1. The molecule has 1 heterocycles. The van der Waals surface area contributed by atoms with Crippen molar-refractivity contribution in [2.24, 2.45) is 11.8 Å². The third-order valence-corrected chi connectivity index (χ3v) is 3.68. The summed E-state index contributed by atoms with van der Waals surface area (Å²) < 4.78 is 38.4. The van der Waals surface area contributed by atoms with Crippen molar-refractivity contribution in [2.75, 3.05) is 13.1 Å². The molecule has 2 rings (SSSR count). The average Bonchev–Trinajstić information content (AvgIpc) is 2.23. The molecular weight excluding hydrogens is 235 g/mol. The van der Waals surface area contributed by atoms with E-state index >= 15 is 0 Å². The van der Waals surface area contributed by atoms with E-state index in [4.69, 9.17) is 5.11 Å². The number of halogens is 3. The Bertz CT molecular complexity index is 300. The molecule has 1 saturated carbocycles. The van der Waals surface area contributed by atoms with Crippen molar-refractivity contribution in [3.8, 4) is 0 Å². The summed E-state index contributed by atoms with van der Waals surface area (Å²) in [6.07, 6.45) is -3.27. The normalized spacial score (nSPS) is 31.2. The summed E-state index contributed by atoms with van der Waals surface area (Å²) in [6.45, 7) is 0.361. The van der Waals surface area contributed by atoms with Crippen LogP contribution in [0.4, 0.5) is 13.2 Å². The molecule has 0 bridgehead atoms. The second-order valence-corrected chi connectivity index (χ2v) is 4.94. The number of hydrogen-bond donors (Lipinski definition) is 1. The molecule has 3 nitrogen and oxygen atoms in total. The molecule has 0 spiro atoms. The van der Waals surface area contributed by atoms with E-state index in [-0.39, 0.29) is 19.5 Å². The van der Waals surface area contributed by atoms with Crippen molar-refractivity contribution in [3.63, 3.8) is 0 Å². The molecule has 0 aromatic rings. The molecule has 1 aliphatic carbocycles. The Balaban J connectivity index is 2.03. The molecule has 1 saturated heterocycles. The van der Waals surface area contributed by atoms with Gasteiger partial charge in [-0.25, -0.2) is 0 Å². The largest absolute Gasteiger partial charge is 0.392 e. The Kier molecular flexibility index (Phi) is 3.34. The van der Waals surface area contributed by atoms with Crippen molar-refractivity contribution in [2.45, 2.75) is 38.0 Å². The zero-order valence-corrected chi connectivity index (χ0v) is 9.41. The lowest BCUT2D eigenvalue weighted by atomic mass is 9.77. The average molecular weight is 251 g/mol. The van der Waals surface area contributed by atoms with Crippen LogP contribution in [0.1, 0.15) is 25.7 Å². The third-order valence-electron chi connectivity index (χ3n) is 3.68. The zero-order valence-electron chi connectivity index (χ0n) is 9.41. The first-order valence-corrected chi connectivity index (χ1v) is 5.93. The quantitative estimate of drug-likeness (QED) is 0.768. The van der Waals surface area contributed by atoms with E-state index in [1.807, 2.05) is 0 Å². The van der Waals surface area contributed by atoms with Crippen LogP contribution in [0.15, 0.2) is 0 Å². The van der Waals surface area contributed by atoms with Crippen molar-refractivity contribution in [1.29, 1.82) is 0 Å². The van der Waals surface area contributed by atoms with E-state index in [1.54, 1.807) is 0 Å². The highest BCUT2D eigenvalue weighted by atomic mass is 19.4. The lowest BCUT2D eigenvalue weighted by molar-refractivity contribution is -0.203. The van der Waals surface area contributed by atoms with E-state index in [2.05, 4.69) is 0 Å². The fourth-order valence-electron chi connectivity index (χ4n) is 2.69. The van der Waals surface area contributed by atoms with E-state index in [0.717, 1.165) is 0 Å². The van der Waals surface area contributed by atoms with E-state index in [1.165, 1.54) is 4.90 Å². The topological polar surface area (TPSA) is 40.5 Å². The van der Waals surface area contributed by atoms with Gasteiger partial charge in [-0.3, -0.25) is 4.79 Å². The molecule has 17 heavy (non-hydrogen) atoms. The van der Waals surface area contributed by atoms with Crippen LogP contribution in [-0.2, 0) is 4.79 Å². The highest BCUT2D eigenvalue weighted by molar-refractivity contribution is 5.80. The van der Waals surface area contributed by atoms with Crippen LogP contribution in [0.2, 0.25) is 0 Å². The summed E-state index contributed by atoms with van der Waals surface area (Å²) in [6, 6.07) is 0. The van der Waals surface area contributed by atoms with Crippen LogP contribution in [0.5, 0.6) is 0 Å². The Morgan fingerprint density at radius 2 is 1.76 bits per heavy atom. The molecule has 1 amide bonds. The van der Waals surface area contributed by atoms with Gasteiger partial charge < -0.3 is 10.0 Å². The standard InChI is InChI=1S/C11H16F3NO2/c12-11(13,14)9-4-2-1-3-8(9)10(17)15-5-7(16)6-15/h7-9,16H,1-6H2. The lowest BCUT2D eigenvalue weighted by Gasteiger charge is -2.41. The molecule has 2 fully saturated rings. The third kappa shape index (κ3) is 2.56. The van der Waals surface area contributed by atoms with E-state index in [9.17, 15) is 18.0 Å². The van der Waals surface area contributed by atoms with E-state index < -0.39 is 30.0 Å². The number of amides is 1. The highest BCUT2D eigenvalue weighted by Crippen LogP contribution is 2.42. The van der Waals surface area contributed by atoms with Gasteiger partial charge in [0.05, 0.1) is 12.0 Å². The summed E-state index contributed by atoms with van der Waals surface area (Å²) in [7, 11) is 0. The maximum absolute atomic E-state index is 12.8. The van der Waals surface area contributed by atoms with Gasteiger partial charge in [0.2, 0.25) is 5.91 Å². The Labute approximate surface area is 97.6 Å². The number of rotatable bonds is 1. The number of alkyl halides is 3. The fraction of sp³-hybridized carbons (Fsp3) is 0.909. The zero-order chi connectivity index (χ0) is 12.6. The minimum Gasteiger partial charge on any atom is -0.389 e. The van der Waals surface area contributed by atoms with Gasteiger partial charge in [-0.1, -0.05) is 12.8 Å². The molecule has 1 N–H and O–H groups in total. The van der Waals surface area contributed by atoms with Gasteiger partial charge in [0.15, 0.2) is 0 Å². The van der Waals surface area contributed by atoms with Gasteiger partial charge in [0.1, 0.15) is 0 Å². The van der Waals surface area contributed by atoms with Crippen LogP contribution in [0, 0.1) is 11.8 Å². The fourth-order valence-corrected chi connectivity index (χ4v) is 2.69. The van der Waals surface area contributed by atoms with Gasteiger partial charge in [-0.05, 0) is 12.8 Å². The van der Waals surface area contributed by atoms with Crippen molar-refractivity contribution in [3.05, 3.63) is 0 Å². The smallest absolute Gasteiger partial charge is 0.389 e. The predicted octanol–water partition coefficient (Wildman–Crippen LogP) is 1.56. The summed E-state index contributed by atoms with van der Waals surface area (Å²) >= 11 is 0. The molecule has 98 valence electrons. The summed E-state index contributed by atoms with van der Waals surface area (Å²) in [4.78, 5) is 13.2. The van der Waals surface area contributed by atoms with Gasteiger partial charge in [-0.15, -0.1) is 0 Å². The second-order valence-electron chi connectivity index (χ2n) is 4.94. The Hall–Kier alpha value is -0.780. The summed E-state index contributed by atoms with van der Waals surface area (Å²) in [5, 5.41) is 9.08. The second kappa shape index (κ2) is 4.48. The highest BCUT2D eigenvalue weighted by Gasteiger charge is 2.49. The minimum atomic E-state index is -4.29. The van der Waals surface area contributed by atoms with Crippen LogP contribution in [-0.4, -0.2) is 41.3 Å².